The number of nitro benzene ring substituents is 1. The zero-order valence-electron chi connectivity index (χ0n) is 11.5. The van der Waals surface area contributed by atoms with Crippen LogP contribution in [0.3, 0.4) is 0 Å². The molecule has 1 unspecified atom stereocenters. The minimum atomic E-state index is -0.620. The summed E-state index contributed by atoms with van der Waals surface area (Å²) in [6.07, 6.45) is 0. The summed E-state index contributed by atoms with van der Waals surface area (Å²) in [5, 5.41) is 13.4. The number of nitrogen functional groups attached to an aromatic ring is 1. The third-order valence-corrected chi connectivity index (χ3v) is 3.32. The van der Waals surface area contributed by atoms with Gasteiger partial charge in [-0.1, -0.05) is 11.6 Å². The molecule has 1 atom stereocenters. The Morgan fingerprint density at radius 2 is 2.15 bits per heavy atom. The molecule has 3 N–H and O–H groups in total. The zero-order chi connectivity index (χ0) is 15.4. The molecule has 7 nitrogen and oxygen atoms in total. The van der Waals surface area contributed by atoms with E-state index < -0.39 is 10.8 Å². The van der Waals surface area contributed by atoms with Gasteiger partial charge >= 0.3 is 0 Å². The van der Waals surface area contributed by atoms with Gasteiger partial charge in [0.1, 0.15) is 0 Å². The van der Waals surface area contributed by atoms with Crippen molar-refractivity contribution in [1.29, 1.82) is 0 Å². The van der Waals surface area contributed by atoms with Crippen LogP contribution in [-0.2, 0) is 0 Å². The first kappa shape index (κ1) is 16.2. The Balaban J connectivity index is 2.95. The molecule has 1 aromatic rings. The second kappa shape index (κ2) is 6.53. The molecule has 0 saturated heterocycles. The van der Waals surface area contributed by atoms with E-state index >= 15 is 0 Å². The normalized spacial score (nSPS) is 12.2. The highest BCUT2D eigenvalue weighted by molar-refractivity contribution is 6.34. The molecule has 1 aromatic carbocycles. The van der Waals surface area contributed by atoms with Gasteiger partial charge in [0.15, 0.2) is 0 Å². The van der Waals surface area contributed by atoms with Gasteiger partial charge in [0.25, 0.3) is 11.6 Å². The molecule has 0 aliphatic heterocycles. The first-order valence-corrected chi connectivity index (χ1v) is 6.29. The summed E-state index contributed by atoms with van der Waals surface area (Å²) in [4.78, 5) is 24.1. The number of nitro groups is 1. The van der Waals surface area contributed by atoms with Crippen LogP contribution in [0.15, 0.2) is 12.1 Å². The van der Waals surface area contributed by atoms with E-state index in [9.17, 15) is 14.9 Å². The van der Waals surface area contributed by atoms with Crippen LogP contribution in [-0.4, -0.2) is 42.4 Å². The second-order valence-electron chi connectivity index (χ2n) is 4.67. The van der Waals surface area contributed by atoms with Gasteiger partial charge in [0, 0.05) is 24.7 Å². The van der Waals surface area contributed by atoms with Gasteiger partial charge < -0.3 is 16.0 Å². The van der Waals surface area contributed by atoms with Crippen molar-refractivity contribution in [2.45, 2.75) is 13.0 Å². The number of benzene rings is 1. The fourth-order valence-corrected chi connectivity index (χ4v) is 1.63. The van der Waals surface area contributed by atoms with Gasteiger partial charge in [-0.25, -0.2) is 0 Å². The lowest BCUT2D eigenvalue weighted by molar-refractivity contribution is -0.384. The van der Waals surface area contributed by atoms with Crippen LogP contribution in [0.5, 0.6) is 0 Å². The van der Waals surface area contributed by atoms with Crippen LogP contribution in [0.1, 0.15) is 17.3 Å². The van der Waals surface area contributed by atoms with Crippen LogP contribution >= 0.6 is 11.6 Å². The van der Waals surface area contributed by atoms with Gasteiger partial charge in [0.2, 0.25) is 0 Å². The van der Waals surface area contributed by atoms with Gasteiger partial charge in [0.05, 0.1) is 21.2 Å². The monoisotopic (exact) mass is 300 g/mol. The molecule has 0 radical (unpaired) electrons. The number of non-ortho nitro benzene ring substituents is 1. The van der Waals surface area contributed by atoms with E-state index in [4.69, 9.17) is 17.3 Å². The van der Waals surface area contributed by atoms with Crippen molar-refractivity contribution >= 4 is 28.9 Å². The standard InChI is InChI=1S/C12H17ClN4O3/c1-7(16(2)3)6-15-12(18)9-4-8(17(19)20)5-10(13)11(9)14/h4-5,7H,6,14H2,1-3H3,(H,15,18). The summed E-state index contributed by atoms with van der Waals surface area (Å²) in [5.41, 5.74) is 5.47. The molecule has 8 heteroatoms. The summed E-state index contributed by atoms with van der Waals surface area (Å²) in [5.74, 6) is -0.484. The minimum absolute atomic E-state index is 0.00925. The number of hydrogen-bond donors (Lipinski definition) is 2. The van der Waals surface area contributed by atoms with Crippen molar-refractivity contribution in [3.63, 3.8) is 0 Å². The van der Waals surface area contributed by atoms with E-state index in [0.717, 1.165) is 12.1 Å². The Morgan fingerprint density at radius 1 is 1.55 bits per heavy atom. The lowest BCUT2D eigenvalue weighted by Crippen LogP contribution is -2.38. The Morgan fingerprint density at radius 3 is 2.65 bits per heavy atom. The second-order valence-corrected chi connectivity index (χ2v) is 5.08. The largest absolute Gasteiger partial charge is 0.397 e. The van der Waals surface area contributed by atoms with E-state index in [1.54, 1.807) is 0 Å². The molecule has 1 amide bonds. The number of anilines is 1. The maximum Gasteiger partial charge on any atom is 0.271 e. The van der Waals surface area contributed by atoms with E-state index in [1.807, 2.05) is 25.9 Å². The molecule has 1 rings (SSSR count). The lowest BCUT2D eigenvalue weighted by atomic mass is 10.1. The fourth-order valence-electron chi connectivity index (χ4n) is 1.42. The molecule has 0 heterocycles. The van der Waals surface area contributed by atoms with Crippen molar-refractivity contribution in [2.24, 2.45) is 0 Å². The number of nitrogens with one attached hydrogen (secondary N) is 1. The molecule has 0 fully saturated rings. The third-order valence-electron chi connectivity index (χ3n) is 3.01. The van der Waals surface area contributed by atoms with Crippen LogP contribution in [0, 0.1) is 10.1 Å². The number of halogens is 1. The molecule has 0 saturated carbocycles. The quantitative estimate of drug-likeness (QED) is 0.487. The minimum Gasteiger partial charge on any atom is -0.397 e. The van der Waals surface area contributed by atoms with Crippen molar-refractivity contribution in [3.05, 3.63) is 32.8 Å². The number of carbonyl (C=O) groups is 1. The number of hydrogen-bond acceptors (Lipinski definition) is 5. The SMILES string of the molecule is CC(CNC(=O)c1cc([N+](=O)[O-])cc(Cl)c1N)N(C)C. The summed E-state index contributed by atoms with van der Waals surface area (Å²) in [6.45, 7) is 2.33. The number of nitrogens with zero attached hydrogens (tertiary/aromatic N) is 2. The molecule has 0 aliphatic carbocycles. The summed E-state index contributed by atoms with van der Waals surface area (Å²) < 4.78 is 0. The molecule has 0 spiro atoms. The number of rotatable bonds is 5. The molecule has 20 heavy (non-hydrogen) atoms. The maximum atomic E-state index is 12.0. The van der Waals surface area contributed by atoms with Crippen molar-refractivity contribution in [2.75, 3.05) is 26.4 Å². The van der Waals surface area contributed by atoms with Crippen LogP contribution in [0.2, 0.25) is 5.02 Å². The number of amides is 1. The maximum absolute atomic E-state index is 12.0. The fraction of sp³-hybridized carbons (Fsp3) is 0.417. The third kappa shape index (κ3) is 3.82. The highest BCUT2D eigenvalue weighted by Crippen LogP contribution is 2.28. The van der Waals surface area contributed by atoms with Gasteiger partial charge in [-0.15, -0.1) is 0 Å². The molecular weight excluding hydrogens is 284 g/mol. The molecule has 0 aromatic heterocycles. The topological polar surface area (TPSA) is 101 Å². The predicted molar refractivity (Wildman–Crippen MR) is 78.0 cm³/mol. The highest BCUT2D eigenvalue weighted by Gasteiger charge is 2.19. The Labute approximate surface area is 121 Å². The van der Waals surface area contributed by atoms with E-state index in [1.165, 1.54) is 0 Å². The molecule has 110 valence electrons. The predicted octanol–water partition coefficient (Wildman–Crippen LogP) is 1.51. The van der Waals surface area contributed by atoms with Crippen LogP contribution in [0.25, 0.3) is 0 Å². The van der Waals surface area contributed by atoms with E-state index in [-0.39, 0.29) is 28.0 Å². The Kier molecular flexibility index (Phi) is 5.29. The van der Waals surface area contributed by atoms with E-state index in [0.29, 0.717) is 6.54 Å². The smallest absolute Gasteiger partial charge is 0.271 e. The molecule has 0 bridgehead atoms. The molecule has 0 aliphatic rings. The van der Waals surface area contributed by atoms with Gasteiger partial charge in [-0.3, -0.25) is 14.9 Å². The van der Waals surface area contributed by atoms with Crippen molar-refractivity contribution < 1.29 is 9.72 Å². The van der Waals surface area contributed by atoms with Crippen LogP contribution in [0.4, 0.5) is 11.4 Å². The van der Waals surface area contributed by atoms with Crippen LogP contribution < -0.4 is 11.1 Å². The number of carbonyl (C=O) groups excluding carboxylic acids is 1. The highest BCUT2D eigenvalue weighted by atomic mass is 35.5. The summed E-state index contributed by atoms with van der Waals surface area (Å²) >= 11 is 5.80. The Hall–Kier alpha value is -1.86. The van der Waals surface area contributed by atoms with Gasteiger partial charge in [-0.05, 0) is 21.0 Å². The number of nitrogens with two attached hydrogens (primary N) is 1. The first-order valence-electron chi connectivity index (χ1n) is 5.92. The van der Waals surface area contributed by atoms with Crippen molar-refractivity contribution in [3.8, 4) is 0 Å². The summed E-state index contributed by atoms with van der Waals surface area (Å²) in [6, 6.07) is 2.36. The first-order chi connectivity index (χ1) is 9.23. The van der Waals surface area contributed by atoms with E-state index in [2.05, 4.69) is 5.32 Å². The molecular formula is C12H17ClN4O3. The Bertz CT molecular complexity index is 534. The zero-order valence-corrected chi connectivity index (χ0v) is 12.3. The average molecular weight is 301 g/mol. The number of likely N-dealkylation sites (N-methyl/N-ethyl adjacent to an activating group) is 1. The van der Waals surface area contributed by atoms with Crippen molar-refractivity contribution in [1.82, 2.24) is 10.2 Å². The average Bonchev–Trinajstić information content (AvgIpc) is 2.37. The lowest BCUT2D eigenvalue weighted by Gasteiger charge is -2.20. The van der Waals surface area contributed by atoms with Gasteiger partial charge in [-0.2, -0.15) is 0 Å². The summed E-state index contributed by atoms with van der Waals surface area (Å²) in [7, 11) is 3.77.